The van der Waals surface area contributed by atoms with Gasteiger partial charge in [-0.15, -0.1) is 12.4 Å². The van der Waals surface area contributed by atoms with E-state index in [4.69, 9.17) is 10.2 Å². The molecule has 6 heteroatoms. The third-order valence-corrected chi connectivity index (χ3v) is 4.48. The highest BCUT2D eigenvalue weighted by Gasteiger charge is 2.26. The Morgan fingerprint density at radius 1 is 1.38 bits per heavy atom. The number of halogens is 1. The molecule has 2 atom stereocenters. The van der Waals surface area contributed by atoms with Crippen molar-refractivity contribution < 1.29 is 9.21 Å². The molecule has 1 aliphatic carbocycles. The Hall–Kier alpha value is -1.59. The van der Waals surface area contributed by atoms with E-state index in [2.05, 4.69) is 31.1 Å². The van der Waals surface area contributed by atoms with Gasteiger partial charge < -0.3 is 15.5 Å². The summed E-state index contributed by atoms with van der Waals surface area (Å²) >= 11 is 0. The van der Waals surface area contributed by atoms with E-state index in [-0.39, 0.29) is 29.8 Å². The smallest absolute Gasteiger partial charge is 0.224 e. The topological polar surface area (TPSA) is 81.2 Å². The number of benzene rings is 1. The molecule has 0 aliphatic heterocycles. The van der Waals surface area contributed by atoms with E-state index in [1.54, 1.807) is 0 Å². The Bertz CT molecular complexity index is 721. The molecule has 1 aromatic heterocycles. The van der Waals surface area contributed by atoms with Gasteiger partial charge >= 0.3 is 0 Å². The number of carbonyl (C=O) groups is 1. The summed E-state index contributed by atoms with van der Waals surface area (Å²) in [5.74, 6) is 1.03. The molecule has 1 saturated carbocycles. The zero-order chi connectivity index (χ0) is 16.6. The Morgan fingerprint density at radius 3 is 2.75 bits per heavy atom. The van der Waals surface area contributed by atoms with Crippen molar-refractivity contribution in [2.45, 2.75) is 57.9 Å². The van der Waals surface area contributed by atoms with Crippen LogP contribution in [-0.4, -0.2) is 16.9 Å². The van der Waals surface area contributed by atoms with Crippen LogP contribution in [0.15, 0.2) is 22.6 Å². The van der Waals surface area contributed by atoms with Gasteiger partial charge in [-0.3, -0.25) is 4.79 Å². The van der Waals surface area contributed by atoms with Gasteiger partial charge in [0.15, 0.2) is 5.58 Å². The molecule has 2 aromatic rings. The molecule has 1 fully saturated rings. The minimum Gasteiger partial charge on any atom is -0.440 e. The van der Waals surface area contributed by atoms with Crippen molar-refractivity contribution >= 4 is 35.1 Å². The highest BCUT2D eigenvalue weighted by molar-refractivity contribution is 5.93. The van der Waals surface area contributed by atoms with Crippen LogP contribution in [0, 0.1) is 5.92 Å². The molecule has 1 heterocycles. The number of aromatic nitrogens is 1. The van der Waals surface area contributed by atoms with Crippen molar-refractivity contribution in [2.24, 2.45) is 11.7 Å². The second-order valence-electron chi connectivity index (χ2n) is 7.56. The molecule has 5 nitrogen and oxygen atoms in total. The molecule has 0 bridgehead atoms. The van der Waals surface area contributed by atoms with Crippen molar-refractivity contribution in [3.05, 3.63) is 24.1 Å². The van der Waals surface area contributed by atoms with Crippen molar-refractivity contribution in [3.8, 4) is 0 Å². The Kier molecular flexibility index (Phi) is 5.56. The van der Waals surface area contributed by atoms with Gasteiger partial charge in [0, 0.05) is 23.6 Å². The fourth-order valence-corrected chi connectivity index (χ4v) is 3.10. The van der Waals surface area contributed by atoms with Gasteiger partial charge in [0.2, 0.25) is 11.8 Å². The number of oxazole rings is 1. The number of carbonyl (C=O) groups excluding carboxylic acids is 1. The summed E-state index contributed by atoms with van der Waals surface area (Å²) in [7, 11) is 0. The van der Waals surface area contributed by atoms with Gasteiger partial charge in [-0.2, -0.15) is 0 Å². The number of nitrogens with one attached hydrogen (secondary N) is 1. The summed E-state index contributed by atoms with van der Waals surface area (Å²) in [5, 5.41) is 2.95. The molecule has 1 aliphatic rings. The van der Waals surface area contributed by atoms with E-state index >= 15 is 0 Å². The zero-order valence-electron chi connectivity index (χ0n) is 14.5. The Balaban J connectivity index is 0.00000208. The molecule has 132 valence electrons. The molecule has 0 unspecified atom stereocenters. The second kappa shape index (κ2) is 7.11. The first-order valence-electron chi connectivity index (χ1n) is 8.29. The first-order valence-corrected chi connectivity index (χ1v) is 8.29. The van der Waals surface area contributed by atoms with Crippen LogP contribution >= 0.6 is 12.4 Å². The van der Waals surface area contributed by atoms with Crippen LogP contribution in [0.2, 0.25) is 0 Å². The lowest BCUT2D eigenvalue weighted by Crippen LogP contribution is -2.28. The van der Waals surface area contributed by atoms with Crippen LogP contribution in [-0.2, 0) is 10.2 Å². The third kappa shape index (κ3) is 4.08. The molecule has 0 radical (unpaired) electrons. The van der Waals surface area contributed by atoms with Crippen LogP contribution in [0.4, 0.5) is 5.69 Å². The Morgan fingerprint density at radius 2 is 2.12 bits per heavy atom. The van der Waals surface area contributed by atoms with E-state index in [0.29, 0.717) is 18.2 Å². The number of amides is 1. The van der Waals surface area contributed by atoms with E-state index < -0.39 is 0 Å². The van der Waals surface area contributed by atoms with E-state index in [0.717, 1.165) is 36.0 Å². The maximum atomic E-state index is 12.2. The zero-order valence-corrected chi connectivity index (χ0v) is 15.3. The maximum Gasteiger partial charge on any atom is 0.224 e. The minimum absolute atomic E-state index is 0. The van der Waals surface area contributed by atoms with Crippen LogP contribution in [0.5, 0.6) is 0 Å². The number of hydrogen-bond acceptors (Lipinski definition) is 4. The monoisotopic (exact) mass is 351 g/mol. The predicted octanol–water partition coefficient (Wildman–Crippen LogP) is 4.00. The largest absolute Gasteiger partial charge is 0.440 e. The van der Waals surface area contributed by atoms with Crippen LogP contribution in [0.3, 0.4) is 0 Å². The lowest BCUT2D eigenvalue weighted by atomic mass is 9.97. The molecule has 0 spiro atoms. The predicted molar refractivity (Wildman–Crippen MR) is 98.5 cm³/mol. The average Bonchev–Trinajstić information content (AvgIpc) is 3.05. The standard InChI is InChI=1S/C18H25N3O2.ClH/c1-18(2,3)17-21-14-10-12(7-8-15(14)23-17)20-16(22)9-11-5-4-6-13(11)19;/h7-8,10-11,13H,4-6,9,19H2,1-3H3,(H,20,22);1H/t11-,13+;/m0./s1. The van der Waals surface area contributed by atoms with Gasteiger partial charge in [0.05, 0.1) is 0 Å². The maximum absolute atomic E-state index is 12.2. The summed E-state index contributed by atoms with van der Waals surface area (Å²) in [6.07, 6.45) is 3.69. The number of hydrogen-bond donors (Lipinski definition) is 2. The van der Waals surface area contributed by atoms with Crippen LogP contribution in [0.25, 0.3) is 11.1 Å². The number of anilines is 1. The molecular formula is C18H26ClN3O2. The number of fused-ring (bicyclic) bond motifs is 1. The van der Waals surface area contributed by atoms with Crippen molar-refractivity contribution in [1.29, 1.82) is 0 Å². The van der Waals surface area contributed by atoms with E-state index in [1.165, 1.54) is 0 Å². The first kappa shape index (κ1) is 18.7. The molecule has 3 rings (SSSR count). The fraction of sp³-hybridized carbons (Fsp3) is 0.556. The summed E-state index contributed by atoms with van der Waals surface area (Å²) in [6, 6.07) is 5.73. The average molecular weight is 352 g/mol. The molecular weight excluding hydrogens is 326 g/mol. The van der Waals surface area contributed by atoms with Gasteiger partial charge in [-0.05, 0) is 37.0 Å². The number of rotatable bonds is 3. The first-order chi connectivity index (χ1) is 10.8. The van der Waals surface area contributed by atoms with Gasteiger partial charge in [-0.25, -0.2) is 4.98 Å². The van der Waals surface area contributed by atoms with Crippen LogP contribution < -0.4 is 11.1 Å². The highest BCUT2D eigenvalue weighted by Crippen LogP contribution is 2.29. The minimum atomic E-state index is -0.138. The Labute approximate surface area is 148 Å². The summed E-state index contributed by atoms with van der Waals surface area (Å²) in [4.78, 5) is 16.7. The van der Waals surface area contributed by atoms with Crippen molar-refractivity contribution in [2.75, 3.05) is 5.32 Å². The molecule has 3 N–H and O–H groups in total. The lowest BCUT2D eigenvalue weighted by Gasteiger charge is -2.14. The lowest BCUT2D eigenvalue weighted by molar-refractivity contribution is -0.117. The summed E-state index contributed by atoms with van der Waals surface area (Å²) in [5.41, 5.74) is 8.16. The number of nitrogens with two attached hydrogens (primary N) is 1. The fourth-order valence-electron chi connectivity index (χ4n) is 3.10. The number of nitrogens with zero attached hydrogens (tertiary/aromatic N) is 1. The molecule has 1 aromatic carbocycles. The van der Waals surface area contributed by atoms with Crippen molar-refractivity contribution in [1.82, 2.24) is 4.98 Å². The third-order valence-electron chi connectivity index (χ3n) is 4.48. The molecule has 0 saturated heterocycles. The molecule has 1 amide bonds. The normalized spacial score (nSPS) is 20.8. The summed E-state index contributed by atoms with van der Waals surface area (Å²) in [6.45, 7) is 6.18. The quantitative estimate of drug-likeness (QED) is 0.875. The highest BCUT2D eigenvalue weighted by atomic mass is 35.5. The van der Waals surface area contributed by atoms with Gasteiger partial charge in [0.1, 0.15) is 5.52 Å². The summed E-state index contributed by atoms with van der Waals surface area (Å²) < 4.78 is 5.77. The van der Waals surface area contributed by atoms with E-state index in [1.807, 2.05) is 18.2 Å². The van der Waals surface area contributed by atoms with Gasteiger partial charge in [0.25, 0.3) is 0 Å². The SMILES string of the molecule is CC(C)(C)c1nc2cc(NC(=O)C[C@@H]3CCC[C@H]3N)ccc2o1.Cl. The van der Waals surface area contributed by atoms with Gasteiger partial charge in [-0.1, -0.05) is 27.2 Å². The van der Waals surface area contributed by atoms with Crippen molar-refractivity contribution in [3.63, 3.8) is 0 Å². The van der Waals surface area contributed by atoms with E-state index in [9.17, 15) is 4.79 Å². The molecule has 24 heavy (non-hydrogen) atoms. The van der Waals surface area contributed by atoms with Crippen LogP contribution in [0.1, 0.15) is 52.3 Å². The second-order valence-corrected chi connectivity index (χ2v) is 7.56.